The summed E-state index contributed by atoms with van der Waals surface area (Å²) in [5, 5.41) is 10.9. The third-order valence-corrected chi connectivity index (χ3v) is 10.8. The zero-order valence-electron chi connectivity index (χ0n) is 29.2. The van der Waals surface area contributed by atoms with Crippen molar-refractivity contribution in [3.05, 3.63) is 0 Å². The molecular formula is C37H75NO3P+. The number of Topliss-reactive ketones (excluding diaryl/α,β-unsaturated/α-hetero) is 1. The molecule has 5 heteroatoms. The van der Waals surface area contributed by atoms with E-state index in [-0.39, 0.29) is 25.7 Å². The molecule has 0 aliphatic carbocycles. The van der Waals surface area contributed by atoms with Crippen LogP contribution >= 0.6 is 8.58 Å². The summed E-state index contributed by atoms with van der Waals surface area (Å²) >= 11 is 0. The van der Waals surface area contributed by atoms with Gasteiger partial charge in [0.2, 0.25) is 0 Å². The highest BCUT2D eigenvalue weighted by atomic mass is 31.1. The molecular weight excluding hydrogens is 537 g/mol. The highest BCUT2D eigenvalue weighted by molar-refractivity contribution is 7.58. The van der Waals surface area contributed by atoms with E-state index >= 15 is 0 Å². The summed E-state index contributed by atoms with van der Waals surface area (Å²) in [5.41, 5.74) is 0.226. The maximum absolute atomic E-state index is 12.8. The predicted octanol–water partition coefficient (Wildman–Crippen LogP) is 11.1. The summed E-state index contributed by atoms with van der Waals surface area (Å²) in [6, 6.07) is 0. The number of aliphatic hydroxyl groups excluding tert-OH is 1. The van der Waals surface area contributed by atoms with Crippen LogP contribution in [-0.4, -0.2) is 53.9 Å². The van der Waals surface area contributed by atoms with Gasteiger partial charge < -0.3 is 9.59 Å². The van der Waals surface area contributed by atoms with Crippen molar-refractivity contribution in [2.24, 2.45) is 0 Å². The first kappa shape index (κ1) is 41.7. The predicted molar refractivity (Wildman–Crippen MR) is 187 cm³/mol. The summed E-state index contributed by atoms with van der Waals surface area (Å²) < 4.78 is 0.453. The number of quaternary nitrogens is 1. The maximum atomic E-state index is 12.8. The first-order valence-corrected chi connectivity index (χ1v) is 19.6. The fourth-order valence-corrected chi connectivity index (χ4v) is 7.26. The van der Waals surface area contributed by atoms with E-state index in [1.807, 2.05) is 21.1 Å². The van der Waals surface area contributed by atoms with Crippen LogP contribution in [0.3, 0.4) is 0 Å². The van der Waals surface area contributed by atoms with Crippen LogP contribution in [0.5, 0.6) is 0 Å². The molecule has 3 atom stereocenters. The van der Waals surface area contributed by atoms with Gasteiger partial charge in [-0.15, -0.1) is 0 Å². The van der Waals surface area contributed by atoms with Crippen LogP contribution in [0.2, 0.25) is 0 Å². The lowest BCUT2D eigenvalue weighted by Crippen LogP contribution is -2.52. The molecule has 0 fully saturated rings. The third kappa shape index (κ3) is 26.1. The molecule has 0 saturated carbocycles. The van der Waals surface area contributed by atoms with Crippen LogP contribution in [0, 0.1) is 0 Å². The van der Waals surface area contributed by atoms with Crippen molar-refractivity contribution in [3.8, 4) is 0 Å². The number of carbonyl (C=O) groups is 2. The van der Waals surface area contributed by atoms with Crippen LogP contribution in [0.4, 0.5) is 0 Å². The first-order valence-electron chi connectivity index (χ1n) is 18.5. The van der Waals surface area contributed by atoms with Crippen molar-refractivity contribution in [3.63, 3.8) is 0 Å². The molecule has 1 N–H and O–H groups in total. The topological polar surface area (TPSA) is 54.4 Å². The highest BCUT2D eigenvalue weighted by Crippen LogP contribution is 2.32. The summed E-state index contributed by atoms with van der Waals surface area (Å²) in [6.07, 6.45) is 33.5. The minimum Gasteiger partial charge on any atom is -0.379 e. The molecule has 0 bridgehead atoms. The number of hydrogen-bond acceptors (Lipinski definition) is 3. The Morgan fingerprint density at radius 3 is 1.10 bits per heavy atom. The number of hydrogen-bond donors (Lipinski definition) is 1. The van der Waals surface area contributed by atoms with Gasteiger partial charge in [0.15, 0.2) is 17.4 Å². The number of aliphatic hydroxyl groups is 1. The normalized spacial score (nSPS) is 13.7. The quantitative estimate of drug-likeness (QED) is 0.0456. The molecule has 0 amide bonds. The van der Waals surface area contributed by atoms with Crippen molar-refractivity contribution >= 4 is 19.9 Å². The molecule has 0 aromatic rings. The minimum atomic E-state index is -1.03. The monoisotopic (exact) mass is 613 g/mol. The van der Waals surface area contributed by atoms with Crippen LogP contribution in [0.1, 0.15) is 194 Å². The van der Waals surface area contributed by atoms with Crippen molar-refractivity contribution in [1.82, 2.24) is 0 Å². The summed E-state index contributed by atoms with van der Waals surface area (Å²) in [6.45, 7) is 4.54. The second-order valence-corrected chi connectivity index (χ2v) is 15.5. The number of unbranched alkanes of at least 4 members (excludes halogenated alkanes) is 24. The molecule has 0 spiro atoms. The van der Waals surface area contributed by atoms with Gasteiger partial charge >= 0.3 is 0 Å². The van der Waals surface area contributed by atoms with Gasteiger partial charge in [-0.2, -0.15) is 0 Å². The van der Waals surface area contributed by atoms with Gasteiger partial charge in [0.1, 0.15) is 5.78 Å². The Morgan fingerprint density at radius 2 is 0.786 bits per heavy atom. The van der Waals surface area contributed by atoms with Crippen molar-refractivity contribution < 1.29 is 19.2 Å². The largest absolute Gasteiger partial charge is 0.379 e. The lowest BCUT2D eigenvalue weighted by atomic mass is 10.0. The molecule has 42 heavy (non-hydrogen) atoms. The molecule has 0 aliphatic heterocycles. The molecule has 0 aromatic carbocycles. The van der Waals surface area contributed by atoms with Crippen LogP contribution in [0.25, 0.3) is 0 Å². The Balaban J connectivity index is 3.94. The van der Waals surface area contributed by atoms with Gasteiger partial charge in [0, 0.05) is 21.4 Å². The zero-order chi connectivity index (χ0) is 31.3. The third-order valence-electron chi connectivity index (χ3n) is 8.81. The van der Waals surface area contributed by atoms with Crippen molar-refractivity contribution in [2.75, 3.05) is 21.1 Å². The Hall–Kier alpha value is -0.310. The lowest BCUT2D eigenvalue weighted by molar-refractivity contribution is -0.883. The van der Waals surface area contributed by atoms with E-state index in [1.165, 1.54) is 141 Å². The van der Waals surface area contributed by atoms with Gasteiger partial charge in [-0.25, -0.2) is 0 Å². The standard InChI is InChI=1S/C37H75NO3P/c1-6-8-10-12-14-16-18-19-20-21-23-25-27-29-31-33-35(40)42-37(38(3,4)5)36(41)34(39)32-30-28-26-24-22-17-15-13-11-9-7-2/h36-37,41-42H,6-33H2,1-5H3/q+1. The molecule has 0 rings (SSSR count). The Morgan fingerprint density at radius 1 is 0.500 bits per heavy atom. The molecule has 4 nitrogen and oxygen atoms in total. The van der Waals surface area contributed by atoms with E-state index in [2.05, 4.69) is 13.8 Å². The number of likely N-dealkylation sites (N-methyl/N-ethyl adjacent to an activating group) is 1. The van der Waals surface area contributed by atoms with Crippen LogP contribution in [0.15, 0.2) is 0 Å². The van der Waals surface area contributed by atoms with Gasteiger partial charge in [-0.1, -0.05) is 168 Å². The van der Waals surface area contributed by atoms with E-state index < -0.39 is 6.10 Å². The van der Waals surface area contributed by atoms with Gasteiger partial charge in [-0.3, -0.25) is 9.59 Å². The van der Waals surface area contributed by atoms with Crippen LogP contribution in [-0.2, 0) is 9.59 Å². The molecule has 3 unspecified atom stereocenters. The molecule has 0 radical (unpaired) electrons. The second-order valence-electron chi connectivity index (χ2n) is 14.0. The average molecular weight is 613 g/mol. The Bertz CT molecular complexity index is 619. The average Bonchev–Trinajstić information content (AvgIpc) is 2.95. The maximum Gasteiger partial charge on any atom is 0.168 e. The van der Waals surface area contributed by atoms with E-state index in [9.17, 15) is 14.7 Å². The smallest absolute Gasteiger partial charge is 0.168 e. The fraction of sp³-hybridized carbons (Fsp3) is 0.946. The van der Waals surface area contributed by atoms with Gasteiger partial charge in [-0.05, 0) is 12.8 Å². The van der Waals surface area contributed by atoms with Crippen molar-refractivity contribution in [1.29, 1.82) is 0 Å². The number of ketones is 1. The van der Waals surface area contributed by atoms with E-state index in [0.29, 0.717) is 17.3 Å². The first-order chi connectivity index (χ1) is 20.2. The highest BCUT2D eigenvalue weighted by Gasteiger charge is 2.37. The molecule has 250 valence electrons. The SMILES string of the molecule is CCCCCCCCCCCCCCCCCC(=O)PC(C(O)C(=O)CCCCCCCCCCCCC)[N+](C)(C)C. The van der Waals surface area contributed by atoms with Crippen LogP contribution < -0.4 is 0 Å². The number of rotatable bonds is 33. The van der Waals surface area contributed by atoms with Gasteiger partial charge in [0.25, 0.3) is 0 Å². The minimum absolute atomic E-state index is 0.000424. The van der Waals surface area contributed by atoms with Crippen molar-refractivity contribution in [2.45, 2.75) is 206 Å². The second kappa shape index (κ2) is 29.4. The van der Waals surface area contributed by atoms with E-state index in [0.717, 1.165) is 25.7 Å². The zero-order valence-corrected chi connectivity index (χ0v) is 30.2. The Labute approximate surface area is 265 Å². The van der Waals surface area contributed by atoms with E-state index in [1.54, 1.807) is 0 Å². The molecule has 0 heterocycles. The molecule has 0 aliphatic rings. The summed E-state index contributed by atoms with van der Waals surface area (Å²) in [7, 11) is 5.99. The van der Waals surface area contributed by atoms with Gasteiger partial charge in [0.05, 0.1) is 21.1 Å². The van der Waals surface area contributed by atoms with E-state index in [4.69, 9.17) is 0 Å². The molecule has 0 saturated heterocycles. The molecule has 0 aromatic heterocycles. The lowest BCUT2D eigenvalue weighted by Gasteiger charge is -2.36. The number of carbonyl (C=O) groups excluding carboxylic acids is 2. The summed E-state index contributed by atoms with van der Waals surface area (Å²) in [5.74, 6) is -0.398. The fourth-order valence-electron chi connectivity index (χ4n) is 5.88. The number of nitrogens with zero attached hydrogens (tertiary/aromatic N) is 1. The Kier molecular flexibility index (Phi) is 29.2. The summed E-state index contributed by atoms with van der Waals surface area (Å²) in [4.78, 5) is 25.6.